The summed E-state index contributed by atoms with van der Waals surface area (Å²) in [4.78, 5) is 0. The van der Waals surface area contributed by atoms with Crippen LogP contribution in [0.5, 0.6) is 0 Å². The lowest BCUT2D eigenvalue weighted by atomic mass is 9.92. The lowest BCUT2D eigenvalue weighted by Gasteiger charge is -2.35. The van der Waals surface area contributed by atoms with E-state index in [1.54, 1.807) is 0 Å². The maximum absolute atomic E-state index is 13.4. The van der Waals surface area contributed by atoms with Gasteiger partial charge in [0.05, 0.1) is 25.4 Å². The summed E-state index contributed by atoms with van der Waals surface area (Å²) in [5, 5.41) is 0. The van der Waals surface area contributed by atoms with Gasteiger partial charge in [-0.1, -0.05) is 36.4 Å². The van der Waals surface area contributed by atoms with Crippen LogP contribution in [0, 0.1) is 0 Å². The van der Waals surface area contributed by atoms with E-state index in [-0.39, 0.29) is 18.8 Å². The molecule has 1 aromatic rings. The number of ether oxygens (including phenoxy) is 3. The number of rotatable bonds is 10. The van der Waals surface area contributed by atoms with Crippen LogP contribution in [0.4, 0.5) is 8.78 Å². The fourth-order valence-corrected chi connectivity index (χ4v) is 2.15. The van der Waals surface area contributed by atoms with E-state index in [2.05, 4.69) is 6.58 Å². The molecule has 0 aromatic heterocycles. The minimum atomic E-state index is -2.96. The fraction of sp³-hybridized carbons (Fsp3) is 0.529. The van der Waals surface area contributed by atoms with Gasteiger partial charge in [-0.2, -0.15) is 0 Å². The number of alkyl halides is 2. The standard InChI is InChI=1S/C17H22F2O3/c1-2-8-20-12-17(18,19)13-22-16-9-15(10-16)21-11-14-6-4-3-5-7-14/h2-7,15-16H,1,8-13H2. The fourth-order valence-electron chi connectivity index (χ4n) is 2.15. The van der Waals surface area contributed by atoms with E-state index in [0.29, 0.717) is 19.4 Å². The predicted molar refractivity (Wildman–Crippen MR) is 80.0 cm³/mol. The average molecular weight is 312 g/mol. The van der Waals surface area contributed by atoms with Gasteiger partial charge in [-0.25, -0.2) is 8.78 Å². The summed E-state index contributed by atoms with van der Waals surface area (Å²) in [7, 11) is 0. The normalized spacial score (nSPS) is 21.4. The Labute approximate surface area is 129 Å². The molecule has 0 spiro atoms. The van der Waals surface area contributed by atoms with Crippen molar-refractivity contribution in [2.75, 3.05) is 19.8 Å². The van der Waals surface area contributed by atoms with Gasteiger partial charge in [-0.3, -0.25) is 0 Å². The quantitative estimate of drug-likeness (QED) is 0.488. The lowest BCUT2D eigenvalue weighted by molar-refractivity contribution is -0.168. The average Bonchev–Trinajstić information content (AvgIpc) is 2.46. The van der Waals surface area contributed by atoms with Gasteiger partial charge in [0.1, 0.15) is 13.2 Å². The summed E-state index contributed by atoms with van der Waals surface area (Å²) in [5.41, 5.74) is 1.11. The van der Waals surface area contributed by atoms with Crippen molar-refractivity contribution in [3.63, 3.8) is 0 Å². The summed E-state index contributed by atoms with van der Waals surface area (Å²) >= 11 is 0. The highest BCUT2D eigenvalue weighted by atomic mass is 19.3. The SMILES string of the molecule is C=CCOCC(F)(F)COC1CC(OCc2ccccc2)C1. The Morgan fingerprint density at radius 2 is 1.77 bits per heavy atom. The van der Waals surface area contributed by atoms with Crippen LogP contribution in [0.25, 0.3) is 0 Å². The molecule has 2 rings (SSSR count). The van der Waals surface area contributed by atoms with Gasteiger partial charge in [-0.15, -0.1) is 6.58 Å². The second-order valence-corrected chi connectivity index (χ2v) is 5.48. The van der Waals surface area contributed by atoms with Gasteiger partial charge < -0.3 is 14.2 Å². The summed E-state index contributed by atoms with van der Waals surface area (Å²) in [5.74, 6) is -2.96. The van der Waals surface area contributed by atoms with Crippen LogP contribution in [-0.2, 0) is 20.8 Å². The lowest BCUT2D eigenvalue weighted by Crippen LogP contribution is -2.41. The molecule has 122 valence electrons. The number of hydrogen-bond donors (Lipinski definition) is 0. The van der Waals surface area contributed by atoms with Crippen LogP contribution in [0.2, 0.25) is 0 Å². The van der Waals surface area contributed by atoms with Gasteiger partial charge in [0, 0.05) is 0 Å². The summed E-state index contributed by atoms with van der Waals surface area (Å²) in [6, 6.07) is 9.87. The summed E-state index contributed by atoms with van der Waals surface area (Å²) in [6.45, 7) is 2.82. The Bertz CT molecular complexity index is 444. The van der Waals surface area contributed by atoms with Crippen LogP contribution >= 0.6 is 0 Å². The smallest absolute Gasteiger partial charge is 0.293 e. The molecular weight excluding hydrogens is 290 g/mol. The molecule has 0 aliphatic heterocycles. The van der Waals surface area contributed by atoms with E-state index >= 15 is 0 Å². The van der Waals surface area contributed by atoms with Crippen LogP contribution < -0.4 is 0 Å². The maximum Gasteiger partial charge on any atom is 0.293 e. The molecule has 1 aliphatic rings. The van der Waals surface area contributed by atoms with Crippen molar-refractivity contribution in [1.29, 1.82) is 0 Å². The van der Waals surface area contributed by atoms with Crippen molar-refractivity contribution in [2.24, 2.45) is 0 Å². The van der Waals surface area contributed by atoms with Crippen molar-refractivity contribution in [2.45, 2.75) is 37.6 Å². The highest BCUT2D eigenvalue weighted by Gasteiger charge is 2.36. The van der Waals surface area contributed by atoms with E-state index in [9.17, 15) is 8.78 Å². The minimum absolute atomic E-state index is 0.0934. The van der Waals surface area contributed by atoms with E-state index < -0.39 is 19.1 Å². The molecule has 3 nitrogen and oxygen atoms in total. The molecule has 22 heavy (non-hydrogen) atoms. The van der Waals surface area contributed by atoms with E-state index in [1.165, 1.54) is 6.08 Å². The maximum atomic E-state index is 13.4. The van der Waals surface area contributed by atoms with Crippen molar-refractivity contribution in [3.05, 3.63) is 48.6 Å². The predicted octanol–water partition coefficient (Wildman–Crippen LogP) is 3.59. The third-order valence-corrected chi connectivity index (χ3v) is 3.46. The Hall–Kier alpha value is -1.30. The highest BCUT2D eigenvalue weighted by Crippen LogP contribution is 2.29. The molecule has 0 N–H and O–H groups in total. The zero-order valence-corrected chi connectivity index (χ0v) is 12.5. The number of halogens is 2. The molecule has 0 amide bonds. The van der Waals surface area contributed by atoms with Crippen LogP contribution in [-0.4, -0.2) is 38.0 Å². The number of hydrogen-bond acceptors (Lipinski definition) is 3. The first-order chi connectivity index (χ1) is 10.6. The van der Waals surface area contributed by atoms with Gasteiger partial charge in [0.25, 0.3) is 5.92 Å². The number of benzene rings is 1. The third kappa shape index (κ3) is 5.83. The monoisotopic (exact) mass is 312 g/mol. The molecule has 0 unspecified atom stereocenters. The van der Waals surface area contributed by atoms with Crippen LogP contribution in [0.1, 0.15) is 18.4 Å². The van der Waals surface area contributed by atoms with Gasteiger partial charge >= 0.3 is 0 Å². The Morgan fingerprint density at radius 3 is 2.45 bits per heavy atom. The molecule has 1 aromatic carbocycles. The molecule has 1 aliphatic carbocycles. The molecule has 0 radical (unpaired) electrons. The zero-order valence-electron chi connectivity index (χ0n) is 12.5. The second kappa shape index (κ2) is 8.36. The van der Waals surface area contributed by atoms with Gasteiger partial charge in [0.2, 0.25) is 0 Å². The molecule has 1 saturated carbocycles. The first-order valence-corrected chi connectivity index (χ1v) is 7.42. The molecule has 5 heteroatoms. The van der Waals surface area contributed by atoms with E-state index in [4.69, 9.17) is 14.2 Å². The molecule has 0 atom stereocenters. The first kappa shape index (κ1) is 17.1. The Balaban J connectivity index is 1.56. The van der Waals surface area contributed by atoms with Crippen molar-refractivity contribution < 1.29 is 23.0 Å². The van der Waals surface area contributed by atoms with Gasteiger partial charge in [-0.05, 0) is 18.4 Å². The van der Waals surface area contributed by atoms with Crippen molar-refractivity contribution in [1.82, 2.24) is 0 Å². The largest absolute Gasteiger partial charge is 0.373 e. The molecular formula is C17H22F2O3. The Morgan fingerprint density at radius 1 is 1.09 bits per heavy atom. The first-order valence-electron chi connectivity index (χ1n) is 7.42. The highest BCUT2D eigenvalue weighted by molar-refractivity contribution is 5.13. The van der Waals surface area contributed by atoms with Crippen molar-refractivity contribution in [3.8, 4) is 0 Å². The van der Waals surface area contributed by atoms with Crippen LogP contribution in [0.15, 0.2) is 43.0 Å². The molecule has 0 heterocycles. The Kier molecular flexibility index (Phi) is 6.49. The molecule has 0 bridgehead atoms. The third-order valence-electron chi connectivity index (χ3n) is 3.46. The van der Waals surface area contributed by atoms with Crippen LogP contribution in [0.3, 0.4) is 0 Å². The molecule has 1 fully saturated rings. The van der Waals surface area contributed by atoms with E-state index in [0.717, 1.165) is 5.56 Å². The summed E-state index contributed by atoms with van der Waals surface area (Å²) in [6.07, 6.45) is 2.71. The van der Waals surface area contributed by atoms with Crippen molar-refractivity contribution >= 4 is 0 Å². The minimum Gasteiger partial charge on any atom is -0.373 e. The zero-order chi connectivity index (χ0) is 15.8. The molecule has 0 saturated heterocycles. The second-order valence-electron chi connectivity index (χ2n) is 5.48. The summed E-state index contributed by atoms with van der Waals surface area (Å²) < 4.78 is 42.5. The topological polar surface area (TPSA) is 27.7 Å². The van der Waals surface area contributed by atoms with Gasteiger partial charge in [0.15, 0.2) is 0 Å². The van der Waals surface area contributed by atoms with E-state index in [1.807, 2.05) is 30.3 Å².